The number of aromatic nitrogens is 3. The second kappa shape index (κ2) is 9.39. The molecule has 10 aromatic rings. The molecule has 0 saturated carbocycles. The van der Waals surface area contributed by atoms with E-state index in [0.29, 0.717) is 0 Å². The van der Waals surface area contributed by atoms with E-state index in [1.165, 1.54) is 32.6 Å². The third-order valence-electron chi connectivity index (χ3n) is 8.90. The Hall–Kier alpha value is -5.22. The van der Waals surface area contributed by atoms with Crippen molar-refractivity contribution in [3.63, 3.8) is 0 Å². The maximum Gasteiger partial charge on any atom is 0.135 e. The van der Waals surface area contributed by atoms with Crippen molar-refractivity contribution >= 4 is 70.9 Å². The zero-order chi connectivity index (χ0) is 28.1. The van der Waals surface area contributed by atoms with E-state index in [0.717, 1.165) is 55.2 Å². The fraction of sp³-hybridized carbons (Fsp3) is 0. The smallest absolute Gasteiger partial charge is 0.135 e. The molecule has 4 heterocycles. The average molecular weight is 741 g/mol. The summed E-state index contributed by atoms with van der Waals surface area (Å²) in [4.78, 5) is 0. The van der Waals surface area contributed by atoms with E-state index >= 15 is 0 Å². The van der Waals surface area contributed by atoms with Gasteiger partial charge in [-0.3, -0.25) is 4.52 Å². The van der Waals surface area contributed by atoms with Gasteiger partial charge < -0.3 is 8.98 Å². The molecule has 4 aromatic heterocycles. The molecule has 0 atom stereocenters. The SMILES string of the molecule is [Ir].[c-]1cccc2c3cc(-c4ccc5oc6ccc(-n7c8ccccc8c8ccccc87)cc6c5c4)ccc3c3ccnn3c12. The van der Waals surface area contributed by atoms with Crippen LogP contribution in [0.25, 0.3) is 87.8 Å². The standard InChI is InChI=1S/C39H22N3O.Ir/c1-4-10-34-27(7-1)28-8-2-5-11-35(28)41(34)26-15-18-39-33(23-26)32-22-25(14-17-38(32)43-39)24-13-16-30-31(21-24)29-9-3-6-12-36(29)42-37(30)19-20-40-42;/h1-11,13-23H;/q-1;. The molecular weight excluding hydrogens is 719 g/mol. The molecule has 5 heteroatoms. The largest absolute Gasteiger partial charge is 0.456 e. The van der Waals surface area contributed by atoms with Crippen molar-refractivity contribution in [3.05, 3.63) is 140 Å². The summed E-state index contributed by atoms with van der Waals surface area (Å²) in [5.41, 5.74) is 9.69. The maximum atomic E-state index is 6.33. The Bertz CT molecular complexity index is 2690. The number of pyridine rings is 1. The number of hydrogen-bond acceptors (Lipinski definition) is 2. The Labute approximate surface area is 265 Å². The van der Waals surface area contributed by atoms with Crippen LogP contribution in [0.1, 0.15) is 0 Å². The zero-order valence-electron chi connectivity index (χ0n) is 23.3. The molecule has 10 rings (SSSR count). The second-order valence-corrected chi connectivity index (χ2v) is 11.2. The van der Waals surface area contributed by atoms with E-state index in [9.17, 15) is 0 Å². The third kappa shape index (κ3) is 3.45. The first kappa shape index (κ1) is 25.3. The van der Waals surface area contributed by atoms with Crippen molar-refractivity contribution < 1.29 is 24.5 Å². The molecule has 0 amide bonds. The zero-order valence-corrected chi connectivity index (χ0v) is 25.7. The molecule has 44 heavy (non-hydrogen) atoms. The van der Waals surface area contributed by atoms with E-state index in [4.69, 9.17) is 4.42 Å². The van der Waals surface area contributed by atoms with Crippen LogP contribution in [0, 0.1) is 6.07 Å². The monoisotopic (exact) mass is 741 g/mol. The van der Waals surface area contributed by atoms with Crippen LogP contribution in [0.15, 0.2) is 138 Å². The van der Waals surface area contributed by atoms with E-state index in [1.807, 2.05) is 22.8 Å². The average Bonchev–Trinajstić information content (AvgIpc) is 3.79. The minimum atomic E-state index is 0. The Balaban J connectivity index is 0.00000270. The van der Waals surface area contributed by atoms with Crippen LogP contribution in [-0.4, -0.2) is 14.2 Å². The fourth-order valence-corrected chi connectivity index (χ4v) is 6.96. The molecule has 0 bridgehead atoms. The van der Waals surface area contributed by atoms with Crippen LogP contribution >= 0.6 is 0 Å². The molecule has 0 aliphatic rings. The summed E-state index contributed by atoms with van der Waals surface area (Å²) in [6.07, 6.45) is 1.86. The van der Waals surface area contributed by atoms with Gasteiger partial charge in [0.2, 0.25) is 0 Å². The van der Waals surface area contributed by atoms with Crippen molar-refractivity contribution in [2.75, 3.05) is 0 Å². The summed E-state index contributed by atoms with van der Waals surface area (Å²) in [5, 5.41) is 12.8. The topological polar surface area (TPSA) is 35.4 Å². The van der Waals surface area contributed by atoms with Crippen LogP contribution in [0.2, 0.25) is 0 Å². The molecular formula is C39H22IrN3O-. The number of para-hydroxylation sites is 3. The van der Waals surface area contributed by atoms with Gasteiger partial charge in [-0.1, -0.05) is 66.0 Å². The first-order valence-corrected chi connectivity index (χ1v) is 14.5. The molecule has 6 aromatic carbocycles. The Morgan fingerprint density at radius 3 is 1.95 bits per heavy atom. The van der Waals surface area contributed by atoms with Gasteiger partial charge >= 0.3 is 0 Å². The summed E-state index contributed by atoms with van der Waals surface area (Å²) in [5.74, 6) is 0. The number of furan rings is 1. The molecule has 1 radical (unpaired) electrons. The number of nitrogens with zero attached hydrogens (tertiary/aromatic N) is 3. The number of hydrogen-bond donors (Lipinski definition) is 0. The first-order valence-electron chi connectivity index (χ1n) is 14.5. The van der Waals surface area contributed by atoms with Crippen molar-refractivity contribution in [2.24, 2.45) is 0 Å². The minimum Gasteiger partial charge on any atom is -0.456 e. The minimum absolute atomic E-state index is 0. The van der Waals surface area contributed by atoms with Crippen molar-refractivity contribution in [2.45, 2.75) is 0 Å². The first-order chi connectivity index (χ1) is 21.3. The number of fused-ring (bicyclic) bond motifs is 12. The fourth-order valence-electron chi connectivity index (χ4n) is 6.96. The van der Waals surface area contributed by atoms with Gasteiger partial charge in [-0.15, -0.1) is 5.39 Å². The van der Waals surface area contributed by atoms with Crippen LogP contribution in [-0.2, 0) is 20.1 Å². The van der Waals surface area contributed by atoms with Gasteiger partial charge in [0.05, 0.1) is 16.6 Å². The van der Waals surface area contributed by atoms with Gasteiger partial charge in [0.1, 0.15) is 11.2 Å². The van der Waals surface area contributed by atoms with Gasteiger partial charge in [-0.2, -0.15) is 29.4 Å². The van der Waals surface area contributed by atoms with E-state index in [-0.39, 0.29) is 20.1 Å². The Morgan fingerprint density at radius 2 is 1.16 bits per heavy atom. The number of benzene rings is 6. The van der Waals surface area contributed by atoms with Crippen LogP contribution < -0.4 is 0 Å². The van der Waals surface area contributed by atoms with E-state index in [1.54, 1.807) is 0 Å². The molecule has 4 nitrogen and oxygen atoms in total. The molecule has 0 unspecified atom stereocenters. The molecule has 209 valence electrons. The van der Waals surface area contributed by atoms with Gasteiger partial charge in [-0.25, -0.2) is 0 Å². The second-order valence-electron chi connectivity index (χ2n) is 11.2. The summed E-state index contributed by atoms with van der Waals surface area (Å²) >= 11 is 0. The van der Waals surface area contributed by atoms with Crippen LogP contribution in [0.4, 0.5) is 0 Å². The third-order valence-corrected chi connectivity index (χ3v) is 8.90. The summed E-state index contributed by atoms with van der Waals surface area (Å²) in [7, 11) is 0. The predicted molar refractivity (Wildman–Crippen MR) is 176 cm³/mol. The van der Waals surface area contributed by atoms with Crippen molar-refractivity contribution in [3.8, 4) is 16.8 Å². The summed E-state index contributed by atoms with van der Waals surface area (Å²) in [6.45, 7) is 0. The molecule has 0 N–H and O–H groups in total. The summed E-state index contributed by atoms with van der Waals surface area (Å²) in [6, 6.07) is 48.6. The predicted octanol–water partition coefficient (Wildman–Crippen LogP) is 10.1. The van der Waals surface area contributed by atoms with Gasteiger partial charge in [-0.05, 0) is 70.6 Å². The normalized spacial score (nSPS) is 11.9. The Kier molecular flexibility index (Phi) is 5.40. The van der Waals surface area contributed by atoms with Gasteiger partial charge in [0.25, 0.3) is 0 Å². The quantitative estimate of drug-likeness (QED) is 0.131. The maximum absolute atomic E-state index is 6.33. The molecule has 0 saturated heterocycles. The molecule has 0 aliphatic carbocycles. The molecule has 0 aliphatic heterocycles. The number of rotatable bonds is 2. The Morgan fingerprint density at radius 1 is 0.523 bits per heavy atom. The van der Waals surface area contributed by atoms with Crippen molar-refractivity contribution in [1.29, 1.82) is 0 Å². The molecule has 0 fully saturated rings. The van der Waals surface area contributed by atoms with Crippen LogP contribution in [0.5, 0.6) is 0 Å². The van der Waals surface area contributed by atoms with Gasteiger partial charge in [0, 0.05) is 53.5 Å². The molecule has 0 spiro atoms. The van der Waals surface area contributed by atoms with Crippen LogP contribution in [0.3, 0.4) is 0 Å². The van der Waals surface area contributed by atoms with E-state index < -0.39 is 0 Å². The van der Waals surface area contributed by atoms with Gasteiger partial charge in [0.15, 0.2) is 0 Å². The summed E-state index contributed by atoms with van der Waals surface area (Å²) < 4.78 is 10.7. The van der Waals surface area contributed by atoms with Crippen molar-refractivity contribution in [1.82, 2.24) is 14.2 Å². The van der Waals surface area contributed by atoms with E-state index in [2.05, 4.69) is 131 Å².